The molecule has 14 heavy (non-hydrogen) atoms. The molecule has 0 bridgehead atoms. The fourth-order valence-corrected chi connectivity index (χ4v) is 1.55. The van der Waals surface area contributed by atoms with Crippen LogP contribution in [0.4, 0.5) is 11.4 Å². The summed E-state index contributed by atoms with van der Waals surface area (Å²) >= 11 is 0. The Hall–Kier alpha value is -1.84. The Balaban J connectivity index is 2.39. The molecule has 0 radical (unpaired) electrons. The van der Waals surface area contributed by atoms with E-state index in [2.05, 4.69) is 10.6 Å². The lowest BCUT2D eigenvalue weighted by molar-refractivity contribution is -0.115. The number of fused-ring (bicyclic) bond motifs is 1. The average molecular weight is 190 g/mol. The Morgan fingerprint density at radius 2 is 2.29 bits per heavy atom. The van der Waals surface area contributed by atoms with Gasteiger partial charge in [-0.1, -0.05) is 12.1 Å². The van der Waals surface area contributed by atoms with Crippen LogP contribution < -0.4 is 10.6 Å². The van der Waals surface area contributed by atoms with Gasteiger partial charge >= 0.3 is 0 Å². The van der Waals surface area contributed by atoms with Gasteiger partial charge in [-0.25, -0.2) is 0 Å². The number of benzene rings is 1. The molecule has 0 aromatic heterocycles. The quantitative estimate of drug-likeness (QED) is 0.697. The predicted octanol–water partition coefficient (Wildman–Crippen LogP) is 1.14. The highest BCUT2D eigenvalue weighted by Crippen LogP contribution is 2.30. The van der Waals surface area contributed by atoms with Gasteiger partial charge in [0.05, 0.1) is 17.8 Å². The van der Waals surface area contributed by atoms with Gasteiger partial charge in [-0.3, -0.25) is 9.59 Å². The highest BCUT2D eigenvalue weighted by molar-refractivity contribution is 6.05. The van der Waals surface area contributed by atoms with E-state index < -0.39 is 0 Å². The first-order valence-electron chi connectivity index (χ1n) is 4.36. The third-order valence-electron chi connectivity index (χ3n) is 2.08. The molecule has 0 saturated carbocycles. The summed E-state index contributed by atoms with van der Waals surface area (Å²) in [7, 11) is 0. The van der Waals surface area contributed by atoms with Gasteiger partial charge < -0.3 is 10.6 Å². The minimum Gasteiger partial charge on any atom is -0.325 e. The van der Waals surface area contributed by atoms with Crippen molar-refractivity contribution in [1.29, 1.82) is 0 Å². The molecule has 1 aliphatic heterocycles. The molecule has 1 heterocycles. The maximum atomic E-state index is 11.1. The summed E-state index contributed by atoms with van der Waals surface area (Å²) < 4.78 is 0. The second kappa shape index (κ2) is 3.14. The smallest absolute Gasteiger partial charge is 0.228 e. The van der Waals surface area contributed by atoms with Gasteiger partial charge in [-0.15, -0.1) is 0 Å². The van der Waals surface area contributed by atoms with Crippen LogP contribution in [0.25, 0.3) is 0 Å². The fraction of sp³-hybridized carbons (Fsp3) is 0.200. The summed E-state index contributed by atoms with van der Waals surface area (Å²) in [4.78, 5) is 22.0. The molecule has 4 heteroatoms. The van der Waals surface area contributed by atoms with Crippen molar-refractivity contribution in [3.63, 3.8) is 0 Å². The van der Waals surface area contributed by atoms with E-state index in [4.69, 9.17) is 0 Å². The third-order valence-corrected chi connectivity index (χ3v) is 2.08. The molecule has 4 nitrogen and oxygen atoms in total. The summed E-state index contributed by atoms with van der Waals surface area (Å²) in [5, 5.41) is 5.39. The highest BCUT2D eigenvalue weighted by atomic mass is 16.2. The normalized spacial score (nSPS) is 13.4. The molecule has 0 spiro atoms. The maximum Gasteiger partial charge on any atom is 0.228 e. The molecule has 0 saturated heterocycles. The zero-order chi connectivity index (χ0) is 10.1. The summed E-state index contributed by atoms with van der Waals surface area (Å²) in [6.07, 6.45) is 0.392. The minimum atomic E-state index is -0.139. The number of para-hydroxylation sites is 1. The van der Waals surface area contributed by atoms with Gasteiger partial charge in [0.1, 0.15) is 0 Å². The van der Waals surface area contributed by atoms with E-state index in [1.807, 2.05) is 12.1 Å². The van der Waals surface area contributed by atoms with E-state index in [0.717, 1.165) is 11.3 Å². The van der Waals surface area contributed by atoms with Crippen LogP contribution in [0.1, 0.15) is 12.5 Å². The van der Waals surface area contributed by atoms with Gasteiger partial charge in [-0.2, -0.15) is 0 Å². The van der Waals surface area contributed by atoms with Crippen molar-refractivity contribution in [3.05, 3.63) is 23.8 Å². The Kier molecular flexibility index (Phi) is 1.96. The minimum absolute atomic E-state index is 0.0298. The molecule has 0 atom stereocenters. The molecule has 0 fully saturated rings. The third kappa shape index (κ3) is 1.46. The summed E-state index contributed by atoms with van der Waals surface area (Å²) in [5.74, 6) is -0.169. The Morgan fingerprint density at radius 3 is 3.00 bits per heavy atom. The van der Waals surface area contributed by atoms with Crippen LogP contribution in [-0.2, 0) is 16.0 Å². The summed E-state index contributed by atoms with van der Waals surface area (Å²) in [6.45, 7) is 1.44. The van der Waals surface area contributed by atoms with Gasteiger partial charge in [0, 0.05) is 6.92 Å². The van der Waals surface area contributed by atoms with E-state index in [-0.39, 0.29) is 11.8 Å². The molecular weight excluding hydrogens is 180 g/mol. The monoisotopic (exact) mass is 190 g/mol. The van der Waals surface area contributed by atoms with E-state index in [1.54, 1.807) is 6.07 Å². The topological polar surface area (TPSA) is 58.2 Å². The average Bonchev–Trinajstić information content (AvgIpc) is 2.45. The number of rotatable bonds is 1. The van der Waals surface area contributed by atoms with Crippen molar-refractivity contribution in [1.82, 2.24) is 0 Å². The van der Waals surface area contributed by atoms with E-state index in [0.29, 0.717) is 12.1 Å². The molecule has 2 rings (SSSR count). The van der Waals surface area contributed by atoms with Gasteiger partial charge in [0.15, 0.2) is 0 Å². The van der Waals surface area contributed by atoms with Crippen molar-refractivity contribution < 1.29 is 9.59 Å². The Bertz CT molecular complexity index is 413. The largest absolute Gasteiger partial charge is 0.325 e. The van der Waals surface area contributed by atoms with Crippen molar-refractivity contribution in [2.75, 3.05) is 10.6 Å². The molecule has 1 aromatic rings. The van der Waals surface area contributed by atoms with Crippen LogP contribution in [0, 0.1) is 0 Å². The lowest BCUT2D eigenvalue weighted by atomic mass is 10.1. The number of carbonyl (C=O) groups excluding carboxylic acids is 2. The van der Waals surface area contributed by atoms with E-state index in [1.165, 1.54) is 6.92 Å². The first-order chi connectivity index (χ1) is 6.66. The fourth-order valence-electron chi connectivity index (χ4n) is 1.55. The SMILES string of the molecule is CC(=O)Nc1cccc2c1NC(=O)C2. The second-order valence-corrected chi connectivity index (χ2v) is 3.25. The zero-order valence-electron chi connectivity index (χ0n) is 7.76. The highest BCUT2D eigenvalue weighted by Gasteiger charge is 2.20. The van der Waals surface area contributed by atoms with Crippen LogP contribution in [0.3, 0.4) is 0 Å². The molecule has 1 aliphatic rings. The van der Waals surface area contributed by atoms with E-state index >= 15 is 0 Å². The number of carbonyl (C=O) groups is 2. The zero-order valence-corrected chi connectivity index (χ0v) is 7.76. The van der Waals surface area contributed by atoms with Crippen LogP contribution in [0.15, 0.2) is 18.2 Å². The lowest BCUT2D eigenvalue weighted by Gasteiger charge is -2.07. The van der Waals surface area contributed by atoms with Crippen molar-refractivity contribution in [3.8, 4) is 0 Å². The van der Waals surface area contributed by atoms with Crippen LogP contribution >= 0.6 is 0 Å². The molecule has 72 valence electrons. The van der Waals surface area contributed by atoms with Gasteiger partial charge in [-0.05, 0) is 11.6 Å². The summed E-state index contributed by atoms with van der Waals surface area (Å²) in [6, 6.07) is 5.47. The second-order valence-electron chi connectivity index (χ2n) is 3.25. The Morgan fingerprint density at radius 1 is 1.50 bits per heavy atom. The maximum absolute atomic E-state index is 11.1. The van der Waals surface area contributed by atoms with Crippen molar-refractivity contribution in [2.24, 2.45) is 0 Å². The number of hydrogen-bond acceptors (Lipinski definition) is 2. The van der Waals surface area contributed by atoms with Crippen molar-refractivity contribution in [2.45, 2.75) is 13.3 Å². The van der Waals surface area contributed by atoms with Crippen LogP contribution in [0.2, 0.25) is 0 Å². The first kappa shape index (κ1) is 8.74. The van der Waals surface area contributed by atoms with Gasteiger partial charge in [0.25, 0.3) is 0 Å². The molecule has 2 N–H and O–H groups in total. The number of amides is 2. The molecule has 2 amide bonds. The Labute approximate surface area is 81.3 Å². The van der Waals surface area contributed by atoms with Crippen LogP contribution in [0.5, 0.6) is 0 Å². The molecule has 1 aromatic carbocycles. The standard InChI is InChI=1S/C10H10N2O2/c1-6(13)11-8-4-2-3-7-5-9(14)12-10(7)8/h2-4H,5H2,1H3,(H,11,13)(H,12,14). The predicted molar refractivity (Wildman–Crippen MR) is 53.1 cm³/mol. The number of hydrogen-bond donors (Lipinski definition) is 2. The first-order valence-corrected chi connectivity index (χ1v) is 4.36. The summed E-state index contributed by atoms with van der Waals surface area (Å²) in [5.41, 5.74) is 2.33. The molecule has 0 aliphatic carbocycles. The number of nitrogens with one attached hydrogen (secondary N) is 2. The van der Waals surface area contributed by atoms with Crippen molar-refractivity contribution >= 4 is 23.2 Å². The van der Waals surface area contributed by atoms with Gasteiger partial charge in [0.2, 0.25) is 11.8 Å². The number of anilines is 2. The molecular formula is C10H10N2O2. The van der Waals surface area contributed by atoms with Crippen LogP contribution in [-0.4, -0.2) is 11.8 Å². The molecule has 0 unspecified atom stereocenters. The lowest BCUT2D eigenvalue weighted by Crippen LogP contribution is -2.09. The van der Waals surface area contributed by atoms with E-state index in [9.17, 15) is 9.59 Å².